The molecule has 0 atom stereocenters. The molecule has 0 saturated carbocycles. The van der Waals surface area contributed by atoms with E-state index in [-0.39, 0.29) is 11.8 Å². The second-order valence-corrected chi connectivity index (χ2v) is 4.05. The third-order valence-corrected chi connectivity index (χ3v) is 2.57. The van der Waals surface area contributed by atoms with E-state index in [1.54, 1.807) is 14.1 Å². The van der Waals surface area contributed by atoms with Gasteiger partial charge in [0.2, 0.25) is 11.8 Å². The fourth-order valence-electron chi connectivity index (χ4n) is 1.40. The van der Waals surface area contributed by atoms with E-state index in [0.29, 0.717) is 12.8 Å². The zero-order chi connectivity index (χ0) is 13.6. The maximum Gasteiger partial charge on any atom is 0.221 e. The molecule has 0 aliphatic heterocycles. The first-order chi connectivity index (χ1) is 8.70. The molecule has 0 rings (SSSR count). The summed E-state index contributed by atoms with van der Waals surface area (Å²) in [7, 11) is 3.29. The Labute approximate surface area is 109 Å². The second kappa shape index (κ2) is 12.3. The fraction of sp³-hybridized carbons (Fsp3) is 0.833. The molecule has 6 heteroatoms. The molecule has 0 heterocycles. The molecule has 0 spiro atoms. The van der Waals surface area contributed by atoms with Crippen molar-refractivity contribution in [1.29, 1.82) is 0 Å². The van der Waals surface area contributed by atoms with E-state index in [2.05, 4.69) is 21.3 Å². The maximum absolute atomic E-state index is 10.9. The van der Waals surface area contributed by atoms with Crippen LogP contribution in [-0.2, 0) is 9.59 Å². The van der Waals surface area contributed by atoms with E-state index in [1.165, 1.54) is 0 Å². The highest BCUT2D eigenvalue weighted by Crippen LogP contribution is 1.86. The number of amides is 2. The maximum atomic E-state index is 10.9. The van der Waals surface area contributed by atoms with E-state index in [0.717, 1.165) is 39.0 Å². The molecule has 0 radical (unpaired) electrons. The lowest BCUT2D eigenvalue weighted by atomic mass is 10.3. The largest absolute Gasteiger partial charge is 0.359 e. The van der Waals surface area contributed by atoms with Gasteiger partial charge in [-0.15, -0.1) is 0 Å². The van der Waals surface area contributed by atoms with Crippen LogP contribution in [0, 0.1) is 0 Å². The van der Waals surface area contributed by atoms with Crippen molar-refractivity contribution in [3.8, 4) is 0 Å². The first kappa shape index (κ1) is 16.9. The number of nitrogens with one attached hydrogen (secondary N) is 4. The van der Waals surface area contributed by atoms with Gasteiger partial charge in [0.05, 0.1) is 0 Å². The minimum Gasteiger partial charge on any atom is -0.359 e. The Hall–Kier alpha value is -1.14. The molecule has 18 heavy (non-hydrogen) atoms. The van der Waals surface area contributed by atoms with Crippen molar-refractivity contribution in [2.45, 2.75) is 25.7 Å². The summed E-state index contributed by atoms with van der Waals surface area (Å²) in [6.45, 7) is 3.30. The molecule has 0 aromatic carbocycles. The summed E-state index contributed by atoms with van der Waals surface area (Å²) < 4.78 is 0. The molecular weight excluding hydrogens is 232 g/mol. The van der Waals surface area contributed by atoms with Gasteiger partial charge in [-0.2, -0.15) is 0 Å². The standard InChI is InChI=1S/C12H26N4O2/c1-13-11(17)5-9-15-7-3-4-8-16-10-6-12(18)14-2/h15-16H,3-10H2,1-2H3,(H,13,17)(H,14,18). The highest BCUT2D eigenvalue weighted by molar-refractivity contribution is 5.75. The normalized spacial score (nSPS) is 10.1. The summed E-state index contributed by atoms with van der Waals surface area (Å²) in [5.74, 6) is 0.136. The van der Waals surface area contributed by atoms with Gasteiger partial charge >= 0.3 is 0 Å². The SMILES string of the molecule is CNC(=O)CCNCCCCNCCC(=O)NC. The van der Waals surface area contributed by atoms with E-state index in [4.69, 9.17) is 0 Å². The second-order valence-electron chi connectivity index (χ2n) is 4.05. The van der Waals surface area contributed by atoms with Crippen LogP contribution in [0.1, 0.15) is 25.7 Å². The lowest BCUT2D eigenvalue weighted by Crippen LogP contribution is -2.27. The van der Waals surface area contributed by atoms with Gasteiger partial charge in [0.25, 0.3) is 0 Å². The van der Waals surface area contributed by atoms with Crippen LogP contribution in [0.25, 0.3) is 0 Å². The van der Waals surface area contributed by atoms with Gasteiger partial charge in [-0.25, -0.2) is 0 Å². The minimum absolute atomic E-state index is 0.0679. The zero-order valence-corrected chi connectivity index (χ0v) is 11.5. The summed E-state index contributed by atoms with van der Waals surface area (Å²) in [6.07, 6.45) is 3.20. The van der Waals surface area contributed by atoms with E-state index >= 15 is 0 Å². The van der Waals surface area contributed by atoms with Gasteiger partial charge in [0.15, 0.2) is 0 Å². The number of hydrogen-bond donors (Lipinski definition) is 4. The van der Waals surface area contributed by atoms with Gasteiger partial charge in [-0.1, -0.05) is 0 Å². The van der Waals surface area contributed by atoms with Crippen LogP contribution < -0.4 is 21.3 Å². The highest BCUT2D eigenvalue weighted by atomic mass is 16.2. The summed E-state index contributed by atoms with van der Waals surface area (Å²) in [4.78, 5) is 21.8. The highest BCUT2D eigenvalue weighted by Gasteiger charge is 1.97. The average molecular weight is 258 g/mol. The zero-order valence-electron chi connectivity index (χ0n) is 11.5. The smallest absolute Gasteiger partial charge is 0.221 e. The van der Waals surface area contributed by atoms with Crippen LogP contribution in [0.2, 0.25) is 0 Å². The molecule has 2 amide bonds. The summed E-state index contributed by atoms with van der Waals surface area (Å²) >= 11 is 0. The molecule has 106 valence electrons. The molecule has 0 fully saturated rings. The molecular formula is C12H26N4O2. The lowest BCUT2D eigenvalue weighted by Gasteiger charge is -2.05. The van der Waals surface area contributed by atoms with Crippen LogP contribution in [0.15, 0.2) is 0 Å². The Morgan fingerprint density at radius 1 is 0.722 bits per heavy atom. The number of hydrogen-bond acceptors (Lipinski definition) is 4. The topological polar surface area (TPSA) is 82.3 Å². The third-order valence-electron chi connectivity index (χ3n) is 2.57. The summed E-state index contributed by atoms with van der Waals surface area (Å²) in [5, 5.41) is 11.6. The number of carbonyl (C=O) groups excluding carboxylic acids is 2. The van der Waals surface area contributed by atoms with Crippen molar-refractivity contribution in [2.24, 2.45) is 0 Å². The molecule has 0 aliphatic carbocycles. The third kappa shape index (κ3) is 11.3. The van der Waals surface area contributed by atoms with Crippen molar-refractivity contribution < 1.29 is 9.59 Å². The first-order valence-electron chi connectivity index (χ1n) is 6.53. The molecule has 4 N–H and O–H groups in total. The van der Waals surface area contributed by atoms with Crippen molar-refractivity contribution in [3.05, 3.63) is 0 Å². The average Bonchev–Trinajstić information content (AvgIpc) is 2.40. The predicted octanol–water partition coefficient (Wildman–Crippen LogP) is -0.782. The van der Waals surface area contributed by atoms with Crippen molar-refractivity contribution >= 4 is 11.8 Å². The van der Waals surface area contributed by atoms with Gasteiger partial charge in [0.1, 0.15) is 0 Å². The van der Waals surface area contributed by atoms with Crippen LogP contribution in [0.3, 0.4) is 0 Å². The lowest BCUT2D eigenvalue weighted by molar-refractivity contribution is -0.121. The Morgan fingerprint density at radius 2 is 1.11 bits per heavy atom. The van der Waals surface area contributed by atoms with Gasteiger partial charge in [0, 0.05) is 40.0 Å². The fourth-order valence-corrected chi connectivity index (χ4v) is 1.40. The van der Waals surface area contributed by atoms with Crippen molar-refractivity contribution in [3.63, 3.8) is 0 Å². The first-order valence-corrected chi connectivity index (χ1v) is 6.53. The molecule has 6 nitrogen and oxygen atoms in total. The molecule has 0 aliphatic rings. The molecule has 0 saturated heterocycles. The van der Waals surface area contributed by atoms with E-state index < -0.39 is 0 Å². The van der Waals surface area contributed by atoms with Crippen LogP contribution in [0.4, 0.5) is 0 Å². The van der Waals surface area contributed by atoms with E-state index in [1.807, 2.05) is 0 Å². The van der Waals surface area contributed by atoms with Crippen LogP contribution in [-0.4, -0.2) is 52.1 Å². The van der Waals surface area contributed by atoms with Crippen LogP contribution >= 0.6 is 0 Å². The Bertz CT molecular complexity index is 210. The minimum atomic E-state index is 0.0679. The van der Waals surface area contributed by atoms with E-state index in [9.17, 15) is 9.59 Å². The molecule has 0 aromatic rings. The predicted molar refractivity (Wildman–Crippen MR) is 72.3 cm³/mol. The number of carbonyl (C=O) groups is 2. The van der Waals surface area contributed by atoms with Gasteiger partial charge < -0.3 is 21.3 Å². The molecule has 0 bridgehead atoms. The summed E-state index contributed by atoms with van der Waals surface area (Å²) in [5.41, 5.74) is 0. The number of rotatable bonds is 11. The number of unbranched alkanes of at least 4 members (excludes halogenated alkanes) is 1. The quantitative estimate of drug-likeness (QED) is 0.366. The van der Waals surface area contributed by atoms with Crippen molar-refractivity contribution in [2.75, 3.05) is 40.3 Å². The van der Waals surface area contributed by atoms with Gasteiger partial charge in [-0.05, 0) is 25.9 Å². The Morgan fingerprint density at radius 3 is 1.44 bits per heavy atom. The monoisotopic (exact) mass is 258 g/mol. The van der Waals surface area contributed by atoms with Crippen molar-refractivity contribution in [1.82, 2.24) is 21.3 Å². The molecule has 0 aromatic heterocycles. The van der Waals surface area contributed by atoms with Gasteiger partial charge in [-0.3, -0.25) is 9.59 Å². The Balaban J connectivity index is 3.07. The van der Waals surface area contributed by atoms with Crippen LogP contribution in [0.5, 0.6) is 0 Å². The molecule has 0 unspecified atom stereocenters. The summed E-state index contributed by atoms with van der Waals surface area (Å²) in [6, 6.07) is 0. The Kier molecular flexibility index (Phi) is 11.5.